The van der Waals surface area contributed by atoms with Gasteiger partial charge < -0.3 is 4.74 Å². The number of benzene rings is 4. The highest BCUT2D eigenvalue weighted by Gasteiger charge is 2.51. The first kappa shape index (κ1) is 19.5. The zero-order chi connectivity index (χ0) is 22.2. The fraction of sp³-hybridized carbons (Fsp3) is 0.222. The van der Waals surface area contributed by atoms with E-state index in [0.717, 1.165) is 43.8 Å². The molecule has 1 aliphatic carbocycles. The van der Waals surface area contributed by atoms with Gasteiger partial charge in [0, 0.05) is 0 Å². The minimum atomic E-state index is -1.58. The van der Waals surface area contributed by atoms with E-state index in [1.807, 2.05) is 45.0 Å². The highest BCUT2D eigenvalue weighted by Crippen LogP contribution is 2.54. The number of amides is 1. The minimum Gasteiger partial charge on any atom is -0.443 e. The number of ether oxygens (including phenoxy) is 1. The number of rotatable bonds is 0. The number of carbonyl (C=O) groups is 1. The first-order valence-electron chi connectivity index (χ1n) is 10.8. The number of hydrogen-bond acceptors (Lipinski definition) is 3. The molecule has 1 atom stereocenters. The topological polar surface area (TPSA) is 46.6 Å². The Bertz CT molecular complexity index is 1370. The molecule has 32 heavy (non-hydrogen) atoms. The molecule has 0 spiro atoms. The van der Waals surface area contributed by atoms with Gasteiger partial charge in [-0.25, -0.2) is 13.3 Å². The van der Waals surface area contributed by atoms with Crippen molar-refractivity contribution >= 4 is 38.6 Å². The minimum absolute atomic E-state index is 0.410. The van der Waals surface area contributed by atoms with Crippen molar-refractivity contribution in [2.75, 3.05) is 0 Å². The molecule has 3 aliphatic rings. The molecule has 1 amide bonds. The molecule has 0 N–H and O–H groups in total. The molecule has 7 rings (SSSR count). The van der Waals surface area contributed by atoms with Gasteiger partial charge in [-0.3, -0.25) is 0 Å². The number of fused-ring (bicyclic) bond motifs is 3. The first-order valence-corrected chi connectivity index (χ1v) is 12.0. The largest absolute Gasteiger partial charge is 0.443 e. The van der Waals surface area contributed by atoms with Gasteiger partial charge in [-0.2, -0.15) is 0 Å². The van der Waals surface area contributed by atoms with Crippen molar-refractivity contribution in [2.24, 2.45) is 0 Å². The van der Waals surface area contributed by atoms with Crippen LogP contribution in [-0.4, -0.2) is 20.2 Å². The zero-order valence-electron chi connectivity index (χ0n) is 18.2. The molecular weight excluding hydrogens is 418 g/mol. The summed E-state index contributed by atoms with van der Waals surface area (Å²) in [6.45, 7) is 5.50. The lowest BCUT2D eigenvalue weighted by Gasteiger charge is -2.46. The lowest BCUT2D eigenvalue weighted by Crippen LogP contribution is -2.48. The summed E-state index contributed by atoms with van der Waals surface area (Å²) in [5.74, 6) is 0. The highest BCUT2D eigenvalue weighted by atomic mass is 32.2. The molecule has 0 saturated carbocycles. The Labute approximate surface area is 189 Å². The van der Waals surface area contributed by atoms with Crippen molar-refractivity contribution in [3.63, 3.8) is 0 Å². The normalized spacial score (nSPS) is 21.5. The van der Waals surface area contributed by atoms with E-state index in [4.69, 9.17) is 4.74 Å². The number of carbonyl (C=O) groups excluding carboxylic acids is 1. The van der Waals surface area contributed by atoms with Gasteiger partial charge in [0.2, 0.25) is 0 Å². The Balaban J connectivity index is 1.63. The van der Waals surface area contributed by atoms with E-state index in [9.17, 15) is 9.00 Å². The third-order valence-corrected chi connectivity index (χ3v) is 7.92. The quantitative estimate of drug-likeness (QED) is 0.317. The third-order valence-electron chi connectivity index (χ3n) is 6.26. The molecule has 160 valence electrons. The summed E-state index contributed by atoms with van der Waals surface area (Å²) in [7, 11) is -1.58. The van der Waals surface area contributed by atoms with Gasteiger partial charge in [0.25, 0.3) is 0 Å². The van der Waals surface area contributed by atoms with Gasteiger partial charge in [-0.05, 0) is 88.8 Å². The van der Waals surface area contributed by atoms with Crippen molar-refractivity contribution in [2.45, 2.75) is 37.7 Å². The smallest absolute Gasteiger partial charge is 0.423 e. The van der Waals surface area contributed by atoms with Gasteiger partial charge in [-0.15, -0.1) is 0 Å². The van der Waals surface area contributed by atoms with Crippen LogP contribution >= 0.6 is 0 Å². The van der Waals surface area contributed by atoms with Crippen LogP contribution in [-0.2, 0) is 15.7 Å². The Hall–Kier alpha value is -3.18. The second-order valence-corrected chi connectivity index (χ2v) is 10.9. The number of nitrogens with zero attached hydrogens (tertiary/aromatic N) is 1. The van der Waals surface area contributed by atoms with Crippen molar-refractivity contribution in [1.29, 1.82) is 0 Å². The number of hydrogen-bond donors (Lipinski definition) is 0. The van der Waals surface area contributed by atoms with Gasteiger partial charge >= 0.3 is 6.09 Å². The molecule has 2 bridgehead atoms. The Morgan fingerprint density at radius 3 is 1.59 bits per heavy atom. The molecular formula is C27H23NO3S. The molecule has 0 saturated heterocycles. The molecule has 0 radical (unpaired) electrons. The average molecular weight is 442 g/mol. The van der Waals surface area contributed by atoms with Crippen LogP contribution in [0, 0.1) is 0 Å². The maximum atomic E-state index is 13.8. The van der Waals surface area contributed by atoms with Crippen molar-refractivity contribution in [3.8, 4) is 0 Å². The van der Waals surface area contributed by atoms with Crippen LogP contribution in [0.3, 0.4) is 0 Å². The van der Waals surface area contributed by atoms with E-state index in [0.29, 0.717) is 0 Å². The van der Waals surface area contributed by atoms with E-state index in [-0.39, 0.29) is 0 Å². The van der Waals surface area contributed by atoms with Crippen LogP contribution in [0.25, 0.3) is 21.5 Å². The molecule has 5 heteroatoms. The van der Waals surface area contributed by atoms with E-state index in [1.54, 1.807) is 0 Å². The molecule has 4 aromatic rings. The monoisotopic (exact) mass is 441 g/mol. The van der Waals surface area contributed by atoms with Crippen molar-refractivity contribution < 1.29 is 13.7 Å². The SMILES string of the molecule is CC(C)(C)OC(=O)N1C2c3cc4ccccc4cc3C(c3cc4ccccc4cc32)[S@@]1=O. The van der Waals surface area contributed by atoms with Crippen LogP contribution in [0.4, 0.5) is 4.79 Å². The van der Waals surface area contributed by atoms with E-state index < -0.39 is 34.0 Å². The van der Waals surface area contributed by atoms with E-state index in [1.165, 1.54) is 4.31 Å². The summed E-state index contributed by atoms with van der Waals surface area (Å²) in [6, 6.07) is 24.5. The summed E-state index contributed by atoms with van der Waals surface area (Å²) in [4.78, 5) is 13.3. The molecule has 0 aromatic heterocycles. The van der Waals surface area contributed by atoms with Gasteiger partial charge in [0.05, 0.1) is 6.04 Å². The zero-order valence-corrected chi connectivity index (χ0v) is 19.0. The van der Waals surface area contributed by atoms with Crippen LogP contribution < -0.4 is 0 Å². The predicted molar refractivity (Wildman–Crippen MR) is 128 cm³/mol. The standard InChI is InChI=1S/C27H23NO3S/c1-27(2,3)31-26(29)28-24-20-12-16-8-4-6-10-18(16)14-22(20)25(32(28)30)23-15-19-11-7-5-9-17(19)13-21(23)24/h4-15,24-25H,1-3H3/t24?,25?,32-/m0/s1. The third kappa shape index (κ3) is 2.81. The predicted octanol–water partition coefficient (Wildman–Crippen LogP) is 6.40. The summed E-state index contributed by atoms with van der Waals surface area (Å²) in [5.41, 5.74) is 3.46. The molecule has 2 heterocycles. The molecule has 0 unspecified atom stereocenters. The molecule has 4 nitrogen and oxygen atoms in total. The summed E-state index contributed by atoms with van der Waals surface area (Å²) < 4.78 is 21.0. The first-order chi connectivity index (χ1) is 15.3. The molecule has 4 aromatic carbocycles. The maximum Gasteiger partial charge on any atom is 0.423 e. The molecule has 2 aliphatic heterocycles. The van der Waals surface area contributed by atoms with Crippen LogP contribution in [0.2, 0.25) is 0 Å². The lowest BCUT2D eigenvalue weighted by atomic mass is 9.79. The van der Waals surface area contributed by atoms with E-state index >= 15 is 0 Å². The second-order valence-electron chi connectivity index (χ2n) is 9.52. The van der Waals surface area contributed by atoms with Crippen LogP contribution in [0.15, 0.2) is 72.8 Å². The van der Waals surface area contributed by atoms with Crippen LogP contribution in [0.5, 0.6) is 0 Å². The lowest BCUT2D eigenvalue weighted by molar-refractivity contribution is 0.0355. The second kappa shape index (κ2) is 6.66. The highest BCUT2D eigenvalue weighted by molar-refractivity contribution is 7.83. The molecule has 0 fully saturated rings. The van der Waals surface area contributed by atoms with Gasteiger partial charge in [0.1, 0.15) is 21.8 Å². The Kier molecular flexibility index (Phi) is 4.06. The summed E-state index contributed by atoms with van der Waals surface area (Å²) in [6.07, 6.45) is -0.538. The van der Waals surface area contributed by atoms with Gasteiger partial charge in [0.15, 0.2) is 0 Å². The van der Waals surface area contributed by atoms with E-state index in [2.05, 4.69) is 48.5 Å². The van der Waals surface area contributed by atoms with Crippen molar-refractivity contribution in [1.82, 2.24) is 4.31 Å². The van der Waals surface area contributed by atoms with Crippen molar-refractivity contribution in [3.05, 3.63) is 95.1 Å². The fourth-order valence-electron chi connectivity index (χ4n) is 4.99. The Morgan fingerprint density at radius 2 is 1.19 bits per heavy atom. The summed E-state index contributed by atoms with van der Waals surface area (Å²) in [5, 5.41) is 4.03. The Morgan fingerprint density at radius 1 is 0.781 bits per heavy atom. The maximum absolute atomic E-state index is 13.8. The van der Waals surface area contributed by atoms with Crippen LogP contribution in [0.1, 0.15) is 54.3 Å². The van der Waals surface area contributed by atoms with Gasteiger partial charge in [-0.1, -0.05) is 48.5 Å². The average Bonchev–Trinajstić information content (AvgIpc) is 2.75. The summed E-state index contributed by atoms with van der Waals surface area (Å²) >= 11 is 0. The fourth-order valence-corrected chi connectivity index (χ4v) is 6.68.